The van der Waals surface area contributed by atoms with Crippen molar-refractivity contribution in [3.63, 3.8) is 0 Å². The molecule has 2 heterocycles. The normalized spacial score (nSPS) is 44.9. The lowest BCUT2D eigenvalue weighted by Crippen LogP contribution is -2.43. The van der Waals surface area contributed by atoms with E-state index in [1.807, 2.05) is 4.90 Å². The number of ketones is 1. The summed E-state index contributed by atoms with van der Waals surface area (Å²) in [5, 5.41) is 9.30. The molecule has 0 bridgehead atoms. The van der Waals surface area contributed by atoms with Gasteiger partial charge in [-0.05, 0) is 0 Å². The van der Waals surface area contributed by atoms with Gasteiger partial charge in [0.1, 0.15) is 0 Å². The molecule has 0 aromatic rings. The molecule has 4 nitrogen and oxygen atoms in total. The number of hydrogen-bond donors (Lipinski definition) is 2. The van der Waals surface area contributed by atoms with Crippen LogP contribution in [0.15, 0.2) is 0 Å². The molecule has 0 saturated carbocycles. The summed E-state index contributed by atoms with van der Waals surface area (Å²) >= 11 is 0. The summed E-state index contributed by atoms with van der Waals surface area (Å²) in [6, 6.07) is -0.546. The first kappa shape index (κ1) is 7.21. The summed E-state index contributed by atoms with van der Waals surface area (Å²) in [5.74, 6) is 0.189. The van der Waals surface area contributed by atoms with E-state index in [0.717, 1.165) is 6.54 Å². The molecule has 11 heavy (non-hydrogen) atoms. The predicted octanol–water partition coefficient (Wildman–Crippen LogP) is -1.67. The molecule has 0 spiro atoms. The molecular weight excluding hydrogens is 144 g/mol. The highest BCUT2D eigenvalue weighted by molar-refractivity contribution is 5.87. The minimum absolute atomic E-state index is 0.189. The van der Waals surface area contributed by atoms with Gasteiger partial charge in [-0.15, -0.1) is 0 Å². The average Bonchev–Trinajstić information content (AvgIpc) is 2.41. The number of rotatable bonds is 0. The molecule has 2 aliphatic heterocycles. The van der Waals surface area contributed by atoms with Crippen molar-refractivity contribution in [1.29, 1.82) is 0 Å². The van der Waals surface area contributed by atoms with Crippen molar-refractivity contribution in [2.24, 2.45) is 5.73 Å². The fourth-order valence-corrected chi connectivity index (χ4v) is 1.98. The van der Waals surface area contributed by atoms with E-state index in [9.17, 15) is 9.90 Å². The molecular formula is C7H12N2O2. The maximum Gasteiger partial charge on any atom is 0.152 e. The van der Waals surface area contributed by atoms with E-state index in [0.29, 0.717) is 13.0 Å². The number of fused-ring (bicyclic) bond motifs is 1. The number of nitrogens with two attached hydrogens (primary N) is 1. The minimum Gasteiger partial charge on any atom is -0.390 e. The first-order chi connectivity index (χ1) is 5.20. The van der Waals surface area contributed by atoms with Crippen LogP contribution in [-0.4, -0.2) is 47.1 Å². The molecule has 0 aromatic heterocycles. The summed E-state index contributed by atoms with van der Waals surface area (Å²) in [5.41, 5.74) is 5.64. The van der Waals surface area contributed by atoms with Gasteiger partial charge in [-0.1, -0.05) is 0 Å². The van der Waals surface area contributed by atoms with Crippen molar-refractivity contribution in [3.05, 3.63) is 0 Å². The van der Waals surface area contributed by atoms with Gasteiger partial charge in [0.15, 0.2) is 5.78 Å². The number of nitrogens with zero attached hydrogens (tertiary/aromatic N) is 1. The Bertz CT molecular complexity index is 193. The van der Waals surface area contributed by atoms with E-state index in [-0.39, 0.29) is 17.9 Å². The fraction of sp³-hybridized carbons (Fsp3) is 0.857. The lowest BCUT2D eigenvalue weighted by molar-refractivity contribution is -0.119. The van der Waals surface area contributed by atoms with Gasteiger partial charge in [-0.2, -0.15) is 0 Å². The third kappa shape index (κ3) is 0.903. The Hall–Kier alpha value is -0.450. The number of hydrogen-bond acceptors (Lipinski definition) is 4. The molecule has 2 rings (SSSR count). The highest BCUT2D eigenvalue weighted by Gasteiger charge is 2.45. The Kier molecular flexibility index (Phi) is 1.49. The number of aliphatic hydroxyl groups is 1. The Balaban J connectivity index is 2.20. The Morgan fingerprint density at radius 1 is 1.64 bits per heavy atom. The average molecular weight is 156 g/mol. The number of aliphatic hydroxyl groups excluding tert-OH is 1. The Morgan fingerprint density at radius 3 is 3.00 bits per heavy atom. The molecule has 0 aliphatic carbocycles. The van der Waals surface area contributed by atoms with Gasteiger partial charge >= 0.3 is 0 Å². The zero-order valence-corrected chi connectivity index (χ0v) is 6.23. The molecule has 62 valence electrons. The Labute approximate surface area is 65.0 Å². The summed E-state index contributed by atoms with van der Waals surface area (Å²) in [6.07, 6.45) is 0.0923. The van der Waals surface area contributed by atoms with E-state index in [2.05, 4.69) is 0 Å². The first-order valence-corrected chi connectivity index (χ1v) is 3.90. The van der Waals surface area contributed by atoms with Crippen molar-refractivity contribution in [2.75, 3.05) is 13.1 Å². The monoisotopic (exact) mass is 156 g/mol. The SMILES string of the molecule is NC1C(O)CN2CCC(=O)C12. The molecule has 2 saturated heterocycles. The van der Waals surface area contributed by atoms with E-state index in [1.54, 1.807) is 0 Å². The molecule has 3 unspecified atom stereocenters. The second kappa shape index (κ2) is 2.27. The smallest absolute Gasteiger partial charge is 0.152 e. The van der Waals surface area contributed by atoms with Gasteiger partial charge < -0.3 is 10.8 Å². The number of carbonyl (C=O) groups excluding carboxylic acids is 1. The summed E-state index contributed by atoms with van der Waals surface area (Å²) < 4.78 is 0. The van der Waals surface area contributed by atoms with Crippen molar-refractivity contribution in [1.82, 2.24) is 4.90 Å². The van der Waals surface area contributed by atoms with E-state index in [1.165, 1.54) is 0 Å². The third-order valence-electron chi connectivity index (χ3n) is 2.60. The van der Waals surface area contributed by atoms with Crippen LogP contribution in [0, 0.1) is 0 Å². The number of carbonyl (C=O) groups is 1. The topological polar surface area (TPSA) is 66.6 Å². The maximum atomic E-state index is 11.2. The van der Waals surface area contributed by atoms with E-state index in [4.69, 9.17) is 5.73 Å². The van der Waals surface area contributed by atoms with Gasteiger partial charge in [0.25, 0.3) is 0 Å². The van der Waals surface area contributed by atoms with E-state index >= 15 is 0 Å². The quantitative estimate of drug-likeness (QED) is 0.440. The standard InChI is InChI=1S/C7H12N2O2/c8-6-5(11)3-9-2-1-4(10)7(6)9/h5-7,11H,1-3,8H2. The second-order valence-corrected chi connectivity index (χ2v) is 3.30. The summed E-state index contributed by atoms with van der Waals surface area (Å²) in [4.78, 5) is 13.1. The predicted molar refractivity (Wildman–Crippen MR) is 39.0 cm³/mol. The van der Waals surface area contributed by atoms with Gasteiger partial charge in [0, 0.05) is 19.5 Å². The highest BCUT2D eigenvalue weighted by Crippen LogP contribution is 2.24. The minimum atomic E-state index is -0.510. The van der Waals surface area contributed by atoms with Crippen LogP contribution in [0.2, 0.25) is 0 Å². The van der Waals surface area contributed by atoms with Crippen molar-refractivity contribution >= 4 is 5.78 Å². The molecule has 0 amide bonds. The number of Topliss-reactive ketones (excluding diaryl/α,β-unsaturated/α-hetero) is 1. The van der Waals surface area contributed by atoms with Crippen LogP contribution >= 0.6 is 0 Å². The van der Waals surface area contributed by atoms with Crippen molar-refractivity contribution in [3.8, 4) is 0 Å². The highest BCUT2D eigenvalue weighted by atomic mass is 16.3. The lowest BCUT2D eigenvalue weighted by Gasteiger charge is -2.14. The second-order valence-electron chi connectivity index (χ2n) is 3.30. The summed E-state index contributed by atoms with van der Waals surface area (Å²) in [7, 11) is 0. The van der Waals surface area contributed by atoms with Gasteiger partial charge in [0.2, 0.25) is 0 Å². The van der Waals surface area contributed by atoms with Crippen LogP contribution in [0.1, 0.15) is 6.42 Å². The fourth-order valence-electron chi connectivity index (χ4n) is 1.98. The first-order valence-electron chi connectivity index (χ1n) is 3.90. The molecule has 0 aromatic carbocycles. The van der Waals surface area contributed by atoms with Crippen LogP contribution in [0.5, 0.6) is 0 Å². The molecule has 3 atom stereocenters. The maximum absolute atomic E-state index is 11.2. The summed E-state index contributed by atoms with van der Waals surface area (Å²) in [6.45, 7) is 1.34. The largest absolute Gasteiger partial charge is 0.390 e. The molecule has 3 N–H and O–H groups in total. The van der Waals surface area contributed by atoms with Crippen LogP contribution in [0.25, 0.3) is 0 Å². The Morgan fingerprint density at radius 2 is 2.36 bits per heavy atom. The van der Waals surface area contributed by atoms with E-state index < -0.39 is 6.10 Å². The zero-order chi connectivity index (χ0) is 8.01. The molecule has 2 fully saturated rings. The zero-order valence-electron chi connectivity index (χ0n) is 6.23. The van der Waals surface area contributed by atoms with Crippen LogP contribution < -0.4 is 5.73 Å². The molecule has 0 radical (unpaired) electrons. The van der Waals surface area contributed by atoms with Crippen LogP contribution in [-0.2, 0) is 4.79 Å². The van der Waals surface area contributed by atoms with Crippen LogP contribution in [0.4, 0.5) is 0 Å². The van der Waals surface area contributed by atoms with Crippen LogP contribution in [0.3, 0.4) is 0 Å². The van der Waals surface area contributed by atoms with Gasteiger partial charge in [-0.25, -0.2) is 0 Å². The lowest BCUT2D eigenvalue weighted by atomic mass is 10.1. The van der Waals surface area contributed by atoms with Gasteiger partial charge in [-0.3, -0.25) is 9.69 Å². The molecule has 2 aliphatic rings. The van der Waals surface area contributed by atoms with Crippen molar-refractivity contribution < 1.29 is 9.90 Å². The molecule has 4 heteroatoms. The third-order valence-corrected chi connectivity index (χ3v) is 2.60. The van der Waals surface area contributed by atoms with Gasteiger partial charge in [0.05, 0.1) is 18.2 Å². The van der Waals surface area contributed by atoms with Crippen molar-refractivity contribution in [2.45, 2.75) is 24.6 Å².